The molecule has 0 aliphatic carbocycles. The van der Waals surface area contributed by atoms with Gasteiger partial charge in [-0.05, 0) is 38.3 Å². The van der Waals surface area contributed by atoms with Crippen LogP contribution in [0.2, 0.25) is 0 Å². The smallest absolute Gasteiger partial charge is 0.276 e. The third-order valence-electron chi connectivity index (χ3n) is 5.93. The molecule has 1 unspecified atom stereocenters. The van der Waals surface area contributed by atoms with Crippen molar-refractivity contribution in [2.45, 2.75) is 44.6 Å². The van der Waals surface area contributed by atoms with E-state index < -0.39 is 11.0 Å². The second kappa shape index (κ2) is 19.3. The lowest BCUT2D eigenvalue weighted by Gasteiger charge is -2.18. The molecule has 0 saturated heterocycles. The number of nitro benzene ring substituents is 1. The van der Waals surface area contributed by atoms with E-state index >= 15 is 0 Å². The van der Waals surface area contributed by atoms with E-state index in [4.69, 9.17) is 34.2 Å². The number of Topliss-reactive ketones (excluding diaryl/α,β-unsaturated/α-hetero) is 1. The maximum Gasteiger partial charge on any atom is 0.276 e. The molecule has 0 radical (unpaired) electrons. The number of nitrogens with zero attached hydrogens (tertiary/aromatic N) is 1. The molecule has 2 bridgehead atoms. The minimum absolute atomic E-state index is 0.0912. The fraction of sp³-hybridized carbons (Fsp3) is 0.692. The summed E-state index contributed by atoms with van der Waals surface area (Å²) in [7, 11) is 1.46. The summed E-state index contributed by atoms with van der Waals surface area (Å²) in [6, 6.07) is 2.20. The lowest BCUT2D eigenvalue weighted by atomic mass is 9.98. The van der Waals surface area contributed by atoms with Crippen molar-refractivity contribution >= 4 is 17.4 Å². The summed E-state index contributed by atoms with van der Waals surface area (Å²) in [5, 5.41) is 14.6. The van der Waals surface area contributed by atoms with Crippen molar-refractivity contribution in [1.82, 2.24) is 5.32 Å². The molecule has 0 fully saturated rings. The number of amides is 1. The van der Waals surface area contributed by atoms with E-state index in [1.54, 1.807) is 6.07 Å². The van der Waals surface area contributed by atoms with Gasteiger partial charge in [-0.2, -0.15) is 0 Å². The van der Waals surface area contributed by atoms with Crippen molar-refractivity contribution in [1.29, 1.82) is 0 Å². The van der Waals surface area contributed by atoms with Crippen LogP contribution in [0.1, 0.15) is 37.7 Å². The van der Waals surface area contributed by atoms with E-state index in [9.17, 15) is 19.7 Å². The van der Waals surface area contributed by atoms with Crippen LogP contribution in [0.15, 0.2) is 12.1 Å². The number of fused-ring (bicyclic) bond motifs is 22. The number of ketones is 1. The highest BCUT2D eigenvalue weighted by molar-refractivity contribution is 5.89. The summed E-state index contributed by atoms with van der Waals surface area (Å²) in [4.78, 5) is 36.6. The Bertz CT molecular complexity index is 899. The number of carbonyl (C=O) groups is 2. The summed E-state index contributed by atoms with van der Waals surface area (Å²) < 4.78 is 32.9. The number of methoxy groups -OCH3 is 1. The van der Waals surface area contributed by atoms with E-state index in [-0.39, 0.29) is 55.8 Å². The molecular formula is C26H41N3O10. The third kappa shape index (κ3) is 12.7. The summed E-state index contributed by atoms with van der Waals surface area (Å²) in [6.07, 6.45) is 1.88. The standard InChI is InChI=1S/C26H41N3O10/c1-34-24-18-20-4-2-5-21(23(30)6-3-8-27)28-26(31)7-9-35-10-11-36-12-13-37-14-15-38-16-17-39-25(24)19-22(20)29(32)33/h18-19,21H,2-17,27H2,1H3,(H,28,31). The molecule has 1 aromatic carbocycles. The predicted molar refractivity (Wildman–Crippen MR) is 141 cm³/mol. The van der Waals surface area contributed by atoms with E-state index in [0.717, 1.165) is 0 Å². The summed E-state index contributed by atoms with van der Waals surface area (Å²) in [5.41, 5.74) is 5.88. The molecule has 13 nitrogen and oxygen atoms in total. The Balaban J connectivity index is 2.13. The second-order valence-electron chi connectivity index (χ2n) is 8.81. The molecule has 3 rings (SSSR count). The highest BCUT2D eigenvalue weighted by Crippen LogP contribution is 2.35. The van der Waals surface area contributed by atoms with Crippen molar-refractivity contribution in [2.75, 3.05) is 73.1 Å². The average Bonchev–Trinajstić information content (AvgIpc) is 2.92. The highest BCUT2D eigenvalue weighted by atomic mass is 16.6. The Kier molecular flexibility index (Phi) is 16.0. The Morgan fingerprint density at radius 3 is 2.23 bits per heavy atom. The number of ether oxygens (including phenoxy) is 6. The monoisotopic (exact) mass is 555 g/mol. The molecule has 2 aliphatic heterocycles. The SMILES string of the molecule is COc1cc2c([N+](=O)[O-])cc1OCCOCCOCCOCCOCCC(=O)NC(C(=O)CCCN)CCC2. The average molecular weight is 556 g/mol. The Morgan fingerprint density at radius 2 is 1.64 bits per heavy atom. The zero-order valence-corrected chi connectivity index (χ0v) is 22.7. The minimum atomic E-state index is -0.717. The zero-order chi connectivity index (χ0) is 28.3. The lowest BCUT2D eigenvalue weighted by Crippen LogP contribution is -2.41. The van der Waals surface area contributed by atoms with E-state index in [0.29, 0.717) is 83.2 Å². The first kappa shape index (κ1) is 32.4. The molecule has 0 aromatic heterocycles. The molecular weight excluding hydrogens is 514 g/mol. The van der Waals surface area contributed by atoms with Crippen molar-refractivity contribution in [3.8, 4) is 11.5 Å². The molecule has 1 atom stereocenters. The number of nitrogens with one attached hydrogen (secondary N) is 1. The van der Waals surface area contributed by atoms with Crippen LogP contribution in [0.25, 0.3) is 0 Å². The van der Waals surface area contributed by atoms with Crippen molar-refractivity contribution in [3.05, 3.63) is 27.8 Å². The first-order chi connectivity index (χ1) is 19.0. The van der Waals surface area contributed by atoms with Gasteiger partial charge in [0.25, 0.3) is 5.69 Å². The molecule has 13 heteroatoms. The first-order valence-corrected chi connectivity index (χ1v) is 13.3. The van der Waals surface area contributed by atoms with Crippen LogP contribution in [0.3, 0.4) is 0 Å². The predicted octanol–water partition coefficient (Wildman–Crippen LogP) is 1.57. The van der Waals surface area contributed by atoms with Crippen molar-refractivity contribution in [2.24, 2.45) is 5.73 Å². The topological polar surface area (TPSA) is 171 Å². The molecule has 2 aliphatic rings. The molecule has 2 heterocycles. The molecule has 1 aromatic rings. The number of nitro groups is 1. The summed E-state index contributed by atoms with van der Waals surface area (Å²) in [6.45, 7) is 3.22. The molecule has 0 spiro atoms. The fourth-order valence-corrected chi connectivity index (χ4v) is 3.90. The van der Waals surface area contributed by atoms with Gasteiger partial charge in [-0.15, -0.1) is 0 Å². The highest BCUT2D eigenvalue weighted by Gasteiger charge is 2.23. The zero-order valence-electron chi connectivity index (χ0n) is 22.7. The van der Waals surface area contributed by atoms with Crippen LogP contribution < -0.4 is 20.5 Å². The van der Waals surface area contributed by atoms with Crippen LogP contribution in [0, 0.1) is 10.1 Å². The van der Waals surface area contributed by atoms with E-state index in [1.807, 2.05) is 0 Å². The normalized spacial score (nSPS) is 19.6. The third-order valence-corrected chi connectivity index (χ3v) is 5.93. The van der Waals surface area contributed by atoms with Gasteiger partial charge in [-0.3, -0.25) is 19.7 Å². The number of hydrogen-bond donors (Lipinski definition) is 2. The number of nitrogens with two attached hydrogens (primary N) is 1. The van der Waals surface area contributed by atoms with Crippen LogP contribution in [0.4, 0.5) is 5.69 Å². The van der Waals surface area contributed by atoms with Crippen LogP contribution >= 0.6 is 0 Å². The Morgan fingerprint density at radius 1 is 1.03 bits per heavy atom. The fourth-order valence-electron chi connectivity index (χ4n) is 3.90. The van der Waals surface area contributed by atoms with Crippen molar-refractivity contribution in [3.63, 3.8) is 0 Å². The van der Waals surface area contributed by atoms with Crippen LogP contribution in [0.5, 0.6) is 11.5 Å². The summed E-state index contributed by atoms with van der Waals surface area (Å²) in [5.74, 6) is 0.158. The van der Waals surface area contributed by atoms with Gasteiger partial charge >= 0.3 is 0 Å². The number of hydrogen-bond acceptors (Lipinski definition) is 11. The van der Waals surface area contributed by atoms with Gasteiger partial charge in [0.05, 0.1) is 77.0 Å². The van der Waals surface area contributed by atoms with Gasteiger partial charge in [-0.25, -0.2) is 0 Å². The van der Waals surface area contributed by atoms with Gasteiger partial charge < -0.3 is 39.5 Å². The van der Waals surface area contributed by atoms with Gasteiger partial charge in [0.15, 0.2) is 17.3 Å². The van der Waals surface area contributed by atoms with Gasteiger partial charge in [0.1, 0.15) is 6.61 Å². The van der Waals surface area contributed by atoms with Gasteiger partial charge in [-0.1, -0.05) is 0 Å². The largest absolute Gasteiger partial charge is 0.493 e. The molecule has 39 heavy (non-hydrogen) atoms. The quantitative estimate of drug-likeness (QED) is 0.297. The van der Waals surface area contributed by atoms with Crippen molar-refractivity contribution < 1.29 is 42.9 Å². The molecule has 3 N–H and O–H groups in total. The number of rotatable bonds is 6. The molecule has 220 valence electrons. The second-order valence-corrected chi connectivity index (χ2v) is 8.81. The lowest BCUT2D eigenvalue weighted by molar-refractivity contribution is -0.385. The van der Waals surface area contributed by atoms with E-state index in [1.165, 1.54) is 13.2 Å². The van der Waals surface area contributed by atoms with Crippen LogP contribution in [-0.4, -0.2) is 95.8 Å². The van der Waals surface area contributed by atoms with Gasteiger partial charge in [0.2, 0.25) is 5.91 Å². The summed E-state index contributed by atoms with van der Waals surface area (Å²) >= 11 is 0. The molecule has 0 saturated carbocycles. The number of benzene rings is 1. The van der Waals surface area contributed by atoms with E-state index in [2.05, 4.69) is 5.32 Å². The maximum atomic E-state index is 12.7. The molecule has 1 amide bonds. The minimum Gasteiger partial charge on any atom is -0.493 e. The Hall–Kier alpha value is -2.84. The van der Waals surface area contributed by atoms with Crippen LogP contribution in [-0.2, 0) is 35.0 Å². The number of carbonyl (C=O) groups excluding carboxylic acids is 2. The number of aryl methyl sites for hydroxylation is 1. The Labute approximate surface area is 228 Å². The maximum absolute atomic E-state index is 12.7. The van der Waals surface area contributed by atoms with Gasteiger partial charge in [0, 0.05) is 18.4 Å². The first-order valence-electron chi connectivity index (χ1n) is 13.3.